The lowest BCUT2D eigenvalue weighted by Gasteiger charge is -2.39. The first-order chi connectivity index (χ1) is 10.8. The Kier molecular flexibility index (Phi) is 3.53. The van der Waals surface area contributed by atoms with Gasteiger partial charge < -0.3 is 15.0 Å². The molecule has 5 heteroatoms. The largest absolute Gasteiger partial charge is 0.381 e. The molecule has 2 fully saturated rings. The molecule has 2 N–H and O–H groups in total. The maximum absolute atomic E-state index is 5.59. The van der Waals surface area contributed by atoms with Gasteiger partial charge in [-0.15, -0.1) is 0 Å². The lowest BCUT2D eigenvalue weighted by Crippen LogP contribution is -2.40. The van der Waals surface area contributed by atoms with Crippen molar-refractivity contribution < 1.29 is 4.74 Å². The quantitative estimate of drug-likeness (QED) is 0.913. The van der Waals surface area contributed by atoms with Crippen molar-refractivity contribution in [2.45, 2.75) is 51.5 Å². The summed E-state index contributed by atoms with van der Waals surface area (Å²) in [5, 5.41) is 4.94. The third-order valence-electron chi connectivity index (χ3n) is 5.64. The predicted molar refractivity (Wildman–Crippen MR) is 87.0 cm³/mol. The molecule has 3 heterocycles. The molecule has 1 atom stereocenters. The van der Waals surface area contributed by atoms with Crippen LogP contribution in [-0.4, -0.2) is 34.2 Å². The molecule has 1 spiro atoms. The van der Waals surface area contributed by atoms with Crippen molar-refractivity contribution in [3.8, 4) is 0 Å². The van der Waals surface area contributed by atoms with Crippen LogP contribution in [-0.2, 0) is 11.2 Å². The molecule has 0 aromatic carbocycles. The van der Waals surface area contributed by atoms with Crippen LogP contribution >= 0.6 is 0 Å². The van der Waals surface area contributed by atoms with Crippen LogP contribution in [0.15, 0.2) is 12.5 Å². The second-order valence-electron chi connectivity index (χ2n) is 6.68. The molecule has 2 aromatic heterocycles. The van der Waals surface area contributed by atoms with E-state index in [1.165, 1.54) is 43.1 Å². The van der Waals surface area contributed by atoms with Gasteiger partial charge in [0.25, 0.3) is 0 Å². The van der Waals surface area contributed by atoms with Crippen LogP contribution in [0.2, 0.25) is 0 Å². The van der Waals surface area contributed by atoms with Gasteiger partial charge in [-0.3, -0.25) is 0 Å². The molecular weight excluding hydrogens is 276 g/mol. The minimum atomic E-state index is 0.401. The van der Waals surface area contributed by atoms with Crippen LogP contribution in [0.4, 0.5) is 5.82 Å². The van der Waals surface area contributed by atoms with Crippen LogP contribution in [0, 0.1) is 5.41 Å². The molecule has 1 aliphatic carbocycles. The lowest BCUT2D eigenvalue weighted by atomic mass is 9.75. The molecule has 1 saturated heterocycles. The van der Waals surface area contributed by atoms with E-state index < -0.39 is 0 Å². The molecule has 5 nitrogen and oxygen atoms in total. The highest BCUT2D eigenvalue weighted by Gasteiger charge is 2.44. The summed E-state index contributed by atoms with van der Waals surface area (Å²) in [6.45, 7) is 3.98. The average Bonchev–Trinajstić information content (AvgIpc) is 3.14. The summed E-state index contributed by atoms with van der Waals surface area (Å²) in [7, 11) is 0. The smallest absolute Gasteiger partial charge is 0.143 e. The molecule has 0 radical (unpaired) electrons. The first-order valence-corrected chi connectivity index (χ1v) is 8.48. The van der Waals surface area contributed by atoms with Crippen molar-refractivity contribution in [1.82, 2.24) is 15.0 Å². The molecule has 0 bridgehead atoms. The Morgan fingerprint density at radius 1 is 1.32 bits per heavy atom. The standard InChI is InChI=1S/C17H24N4O/c1-2-12-10-18-15-14(12)16(20-11-19-15)21-13-4-3-5-17(13)6-8-22-9-7-17/h10-11,13H,2-9H2,1H3,(H2,18,19,20,21). The van der Waals surface area contributed by atoms with E-state index in [9.17, 15) is 0 Å². The maximum Gasteiger partial charge on any atom is 0.143 e. The number of ether oxygens (including phenoxy) is 1. The van der Waals surface area contributed by atoms with Crippen molar-refractivity contribution in [2.24, 2.45) is 5.41 Å². The normalized spacial score (nSPS) is 24.1. The Balaban J connectivity index is 1.67. The summed E-state index contributed by atoms with van der Waals surface area (Å²) in [5.41, 5.74) is 2.63. The highest BCUT2D eigenvalue weighted by Crippen LogP contribution is 2.47. The zero-order chi connectivity index (χ0) is 15.0. The van der Waals surface area contributed by atoms with E-state index in [1.54, 1.807) is 6.33 Å². The summed E-state index contributed by atoms with van der Waals surface area (Å²) in [6, 6.07) is 0.508. The second-order valence-corrected chi connectivity index (χ2v) is 6.68. The zero-order valence-corrected chi connectivity index (χ0v) is 13.2. The number of aromatic nitrogens is 3. The van der Waals surface area contributed by atoms with Gasteiger partial charge in [-0.1, -0.05) is 13.3 Å². The number of H-pyrrole nitrogens is 1. The van der Waals surface area contributed by atoms with Crippen molar-refractivity contribution >= 4 is 16.9 Å². The minimum absolute atomic E-state index is 0.401. The highest BCUT2D eigenvalue weighted by molar-refractivity contribution is 5.90. The fraction of sp³-hybridized carbons (Fsp3) is 0.647. The molecule has 4 rings (SSSR count). The summed E-state index contributed by atoms with van der Waals surface area (Å²) in [6.07, 6.45) is 10.9. The third-order valence-corrected chi connectivity index (χ3v) is 5.64. The summed E-state index contributed by atoms with van der Waals surface area (Å²) >= 11 is 0. The number of fused-ring (bicyclic) bond motifs is 1. The van der Waals surface area contributed by atoms with E-state index in [4.69, 9.17) is 4.74 Å². The Hall–Kier alpha value is -1.62. The molecule has 22 heavy (non-hydrogen) atoms. The van der Waals surface area contributed by atoms with Crippen LogP contribution in [0.25, 0.3) is 11.0 Å². The molecule has 118 valence electrons. The van der Waals surface area contributed by atoms with E-state index in [1.807, 2.05) is 0 Å². The minimum Gasteiger partial charge on any atom is -0.381 e. The van der Waals surface area contributed by atoms with E-state index in [2.05, 4.69) is 33.4 Å². The van der Waals surface area contributed by atoms with Gasteiger partial charge in [-0.25, -0.2) is 9.97 Å². The van der Waals surface area contributed by atoms with Crippen molar-refractivity contribution in [2.75, 3.05) is 18.5 Å². The van der Waals surface area contributed by atoms with Crippen LogP contribution in [0.1, 0.15) is 44.6 Å². The van der Waals surface area contributed by atoms with Gasteiger partial charge in [-0.05, 0) is 43.1 Å². The van der Waals surface area contributed by atoms with Crippen LogP contribution in [0.5, 0.6) is 0 Å². The number of rotatable bonds is 3. The Morgan fingerprint density at radius 3 is 3.00 bits per heavy atom. The van der Waals surface area contributed by atoms with Gasteiger partial charge >= 0.3 is 0 Å². The number of hydrogen-bond acceptors (Lipinski definition) is 4. The Bertz CT molecular complexity index is 660. The lowest BCUT2D eigenvalue weighted by molar-refractivity contribution is 0.0134. The van der Waals surface area contributed by atoms with E-state index in [0.717, 1.165) is 31.1 Å². The van der Waals surface area contributed by atoms with Gasteiger partial charge in [0.2, 0.25) is 0 Å². The zero-order valence-electron chi connectivity index (χ0n) is 13.2. The van der Waals surface area contributed by atoms with E-state index >= 15 is 0 Å². The average molecular weight is 300 g/mol. The second kappa shape index (κ2) is 5.54. The molecule has 1 aliphatic heterocycles. The summed E-state index contributed by atoms with van der Waals surface area (Å²) in [4.78, 5) is 12.2. The van der Waals surface area contributed by atoms with Gasteiger partial charge in [-0.2, -0.15) is 0 Å². The fourth-order valence-corrected chi connectivity index (χ4v) is 4.32. The van der Waals surface area contributed by atoms with Gasteiger partial charge in [0.15, 0.2) is 0 Å². The predicted octanol–water partition coefficient (Wildman–Crippen LogP) is 3.28. The number of hydrogen-bond donors (Lipinski definition) is 2. The molecule has 2 aromatic rings. The van der Waals surface area contributed by atoms with Gasteiger partial charge in [0.05, 0.1) is 5.39 Å². The molecule has 2 aliphatic rings. The first kappa shape index (κ1) is 14.0. The molecule has 0 amide bonds. The Morgan fingerprint density at radius 2 is 2.18 bits per heavy atom. The fourth-order valence-electron chi connectivity index (χ4n) is 4.32. The van der Waals surface area contributed by atoms with Gasteiger partial charge in [0, 0.05) is 25.5 Å². The first-order valence-electron chi connectivity index (χ1n) is 8.48. The monoisotopic (exact) mass is 300 g/mol. The van der Waals surface area contributed by atoms with Crippen LogP contribution < -0.4 is 5.32 Å². The number of aromatic amines is 1. The van der Waals surface area contributed by atoms with Gasteiger partial charge in [0.1, 0.15) is 17.8 Å². The Labute approximate surface area is 130 Å². The van der Waals surface area contributed by atoms with E-state index in [-0.39, 0.29) is 0 Å². The third kappa shape index (κ3) is 2.19. The topological polar surface area (TPSA) is 62.8 Å². The summed E-state index contributed by atoms with van der Waals surface area (Å²) < 4.78 is 5.59. The molecular formula is C17H24N4O. The number of anilines is 1. The molecule has 1 saturated carbocycles. The van der Waals surface area contributed by atoms with Crippen molar-refractivity contribution in [3.05, 3.63) is 18.1 Å². The number of nitrogens with one attached hydrogen (secondary N) is 2. The SMILES string of the molecule is CCc1c[nH]c2ncnc(NC3CCCC34CCOCC4)c12. The number of aryl methyl sites for hydroxylation is 1. The van der Waals surface area contributed by atoms with E-state index in [0.29, 0.717) is 11.5 Å². The maximum atomic E-state index is 5.59. The van der Waals surface area contributed by atoms with Crippen molar-refractivity contribution in [3.63, 3.8) is 0 Å². The van der Waals surface area contributed by atoms with Crippen molar-refractivity contribution in [1.29, 1.82) is 0 Å². The van der Waals surface area contributed by atoms with Crippen LogP contribution in [0.3, 0.4) is 0 Å². The highest BCUT2D eigenvalue weighted by atomic mass is 16.5. The summed E-state index contributed by atoms with van der Waals surface area (Å²) in [5.74, 6) is 1.00. The molecule has 1 unspecified atom stereocenters. The number of nitrogens with zero attached hydrogens (tertiary/aromatic N) is 2.